The molecule has 0 bridgehead atoms. The molecule has 3 amide bonds. The third kappa shape index (κ3) is 7.05. The van der Waals surface area contributed by atoms with E-state index in [1.165, 1.54) is 0 Å². The maximum Gasteiger partial charge on any atom is 0.276 e. The van der Waals surface area contributed by atoms with Crippen molar-refractivity contribution in [1.82, 2.24) is 16.2 Å². The molecule has 0 fully saturated rings. The predicted molar refractivity (Wildman–Crippen MR) is 97.9 cm³/mol. The number of nitriles is 1. The van der Waals surface area contributed by atoms with Gasteiger partial charge in [0.2, 0.25) is 0 Å². The van der Waals surface area contributed by atoms with Gasteiger partial charge in [0.15, 0.2) is 13.2 Å². The topological polar surface area (TPSA) is 130 Å². The summed E-state index contributed by atoms with van der Waals surface area (Å²) < 4.78 is 10.5. The van der Waals surface area contributed by atoms with E-state index in [1.54, 1.807) is 48.5 Å². The summed E-state index contributed by atoms with van der Waals surface area (Å²) in [6.07, 6.45) is 0. The Labute approximate surface area is 161 Å². The predicted octanol–water partition coefficient (Wildman–Crippen LogP) is 0.280. The zero-order valence-electron chi connectivity index (χ0n) is 14.8. The summed E-state index contributed by atoms with van der Waals surface area (Å²) >= 11 is 0. The molecule has 9 heteroatoms. The minimum Gasteiger partial charge on any atom is -0.484 e. The number of carbonyl (C=O) groups is 3. The molecule has 2 rings (SSSR count). The highest BCUT2D eigenvalue weighted by molar-refractivity contribution is 5.87. The lowest BCUT2D eigenvalue weighted by molar-refractivity contribution is -0.131. The Balaban J connectivity index is 1.61. The monoisotopic (exact) mass is 382 g/mol. The molecule has 144 valence electrons. The number of para-hydroxylation sites is 2. The van der Waals surface area contributed by atoms with Gasteiger partial charge in [0.1, 0.15) is 17.6 Å². The molecular formula is C19H18N4O5. The van der Waals surface area contributed by atoms with Gasteiger partial charge in [-0.3, -0.25) is 25.2 Å². The normalized spacial score (nSPS) is 9.54. The zero-order chi connectivity index (χ0) is 20.2. The Kier molecular flexibility index (Phi) is 7.83. The summed E-state index contributed by atoms with van der Waals surface area (Å²) in [7, 11) is 0. The van der Waals surface area contributed by atoms with Gasteiger partial charge < -0.3 is 14.8 Å². The van der Waals surface area contributed by atoms with Crippen molar-refractivity contribution in [3.8, 4) is 17.6 Å². The molecule has 3 N–H and O–H groups in total. The zero-order valence-corrected chi connectivity index (χ0v) is 14.8. The van der Waals surface area contributed by atoms with Crippen LogP contribution >= 0.6 is 0 Å². The molecule has 0 radical (unpaired) electrons. The quantitative estimate of drug-likeness (QED) is 0.563. The Hall–Kier alpha value is -4.06. The number of rotatable bonds is 8. The fourth-order valence-electron chi connectivity index (χ4n) is 1.94. The lowest BCUT2D eigenvalue weighted by Crippen LogP contribution is -2.48. The van der Waals surface area contributed by atoms with Crippen LogP contribution in [0.5, 0.6) is 11.5 Å². The average Bonchev–Trinajstić information content (AvgIpc) is 2.74. The highest BCUT2D eigenvalue weighted by atomic mass is 16.5. The van der Waals surface area contributed by atoms with Gasteiger partial charge in [-0.15, -0.1) is 0 Å². The molecular weight excluding hydrogens is 364 g/mol. The van der Waals surface area contributed by atoms with E-state index in [9.17, 15) is 14.4 Å². The lowest BCUT2D eigenvalue weighted by Gasteiger charge is -2.10. The van der Waals surface area contributed by atoms with Crippen LogP contribution in [-0.2, 0) is 14.4 Å². The Morgan fingerprint density at radius 1 is 0.821 bits per heavy atom. The van der Waals surface area contributed by atoms with Gasteiger partial charge in [-0.25, -0.2) is 0 Å². The Morgan fingerprint density at radius 2 is 1.46 bits per heavy atom. The molecule has 0 aliphatic carbocycles. The van der Waals surface area contributed by atoms with Gasteiger partial charge in [0.05, 0.1) is 12.1 Å². The van der Waals surface area contributed by atoms with E-state index in [-0.39, 0.29) is 18.9 Å². The molecule has 0 aliphatic heterocycles. The Morgan fingerprint density at radius 3 is 2.21 bits per heavy atom. The second-order valence-corrected chi connectivity index (χ2v) is 5.37. The minimum atomic E-state index is -0.626. The second kappa shape index (κ2) is 10.8. The molecule has 0 saturated carbocycles. The number of nitrogens with zero attached hydrogens (tertiary/aromatic N) is 1. The van der Waals surface area contributed by atoms with Gasteiger partial charge in [-0.05, 0) is 24.3 Å². The third-order valence-electron chi connectivity index (χ3n) is 3.27. The molecule has 0 spiro atoms. The van der Waals surface area contributed by atoms with Crippen LogP contribution in [0, 0.1) is 11.3 Å². The fourth-order valence-corrected chi connectivity index (χ4v) is 1.94. The molecule has 28 heavy (non-hydrogen) atoms. The molecule has 0 aromatic heterocycles. The van der Waals surface area contributed by atoms with E-state index in [4.69, 9.17) is 14.7 Å². The van der Waals surface area contributed by atoms with E-state index in [2.05, 4.69) is 16.2 Å². The molecule has 0 saturated heterocycles. The summed E-state index contributed by atoms with van der Waals surface area (Å²) in [6.45, 7) is -0.971. The van der Waals surface area contributed by atoms with E-state index in [0.29, 0.717) is 11.3 Å². The van der Waals surface area contributed by atoms with Gasteiger partial charge in [-0.1, -0.05) is 30.3 Å². The molecule has 0 heterocycles. The van der Waals surface area contributed by atoms with Crippen molar-refractivity contribution in [2.45, 2.75) is 0 Å². The molecule has 0 aliphatic rings. The summed E-state index contributed by atoms with van der Waals surface area (Å²) in [5.74, 6) is -0.940. The van der Waals surface area contributed by atoms with Gasteiger partial charge in [-0.2, -0.15) is 5.26 Å². The first-order valence-corrected chi connectivity index (χ1v) is 8.22. The van der Waals surface area contributed by atoms with Crippen LogP contribution in [0.15, 0.2) is 54.6 Å². The van der Waals surface area contributed by atoms with Crippen molar-refractivity contribution in [2.75, 3.05) is 19.8 Å². The third-order valence-corrected chi connectivity index (χ3v) is 3.27. The second-order valence-electron chi connectivity index (χ2n) is 5.37. The van der Waals surface area contributed by atoms with Crippen LogP contribution < -0.4 is 25.6 Å². The number of ether oxygens (including phenoxy) is 2. The van der Waals surface area contributed by atoms with Crippen molar-refractivity contribution in [2.24, 2.45) is 0 Å². The van der Waals surface area contributed by atoms with Crippen molar-refractivity contribution >= 4 is 17.7 Å². The van der Waals surface area contributed by atoms with E-state index >= 15 is 0 Å². The number of amides is 3. The van der Waals surface area contributed by atoms with Crippen molar-refractivity contribution in [1.29, 1.82) is 5.26 Å². The number of carbonyl (C=O) groups excluding carboxylic acids is 3. The van der Waals surface area contributed by atoms with E-state index in [0.717, 1.165) is 0 Å². The molecule has 0 atom stereocenters. The Bertz CT molecular complexity index is 864. The smallest absolute Gasteiger partial charge is 0.276 e. The van der Waals surface area contributed by atoms with Crippen molar-refractivity contribution in [3.05, 3.63) is 60.2 Å². The number of hydrogen-bond donors (Lipinski definition) is 3. The first-order chi connectivity index (χ1) is 13.6. The number of hydrazine groups is 1. The van der Waals surface area contributed by atoms with Crippen LogP contribution in [0.1, 0.15) is 5.56 Å². The molecule has 9 nitrogen and oxygen atoms in total. The van der Waals surface area contributed by atoms with Crippen LogP contribution in [0.4, 0.5) is 0 Å². The number of hydrogen-bond acceptors (Lipinski definition) is 6. The maximum absolute atomic E-state index is 11.7. The van der Waals surface area contributed by atoms with Crippen LogP contribution in [0.2, 0.25) is 0 Å². The molecule has 2 aromatic rings. The summed E-state index contributed by atoms with van der Waals surface area (Å²) in [5.41, 5.74) is 4.57. The fraction of sp³-hybridized carbons (Fsp3) is 0.158. The lowest BCUT2D eigenvalue weighted by atomic mass is 10.2. The number of nitrogens with one attached hydrogen (secondary N) is 3. The summed E-state index contributed by atoms with van der Waals surface area (Å²) in [6, 6.07) is 17.1. The SMILES string of the molecule is N#Cc1ccccc1OCC(=O)NNC(=O)CNC(=O)COc1ccccc1. The van der Waals surface area contributed by atoms with Gasteiger partial charge >= 0.3 is 0 Å². The van der Waals surface area contributed by atoms with E-state index < -0.39 is 24.3 Å². The standard InChI is InChI=1S/C19H18N4O5/c20-10-14-6-4-5-9-16(14)28-13-19(26)23-22-17(24)11-21-18(25)12-27-15-7-2-1-3-8-15/h1-9H,11-13H2,(H,21,25)(H,22,24)(H,23,26). The number of benzene rings is 2. The first-order valence-electron chi connectivity index (χ1n) is 8.22. The summed E-state index contributed by atoms with van der Waals surface area (Å²) in [4.78, 5) is 34.9. The first kappa shape index (κ1) is 20.3. The van der Waals surface area contributed by atoms with Crippen LogP contribution in [0.3, 0.4) is 0 Å². The van der Waals surface area contributed by atoms with Crippen molar-refractivity contribution < 1.29 is 23.9 Å². The maximum atomic E-state index is 11.7. The largest absolute Gasteiger partial charge is 0.484 e. The highest BCUT2D eigenvalue weighted by Gasteiger charge is 2.09. The van der Waals surface area contributed by atoms with Crippen LogP contribution in [-0.4, -0.2) is 37.5 Å². The minimum absolute atomic E-state index is 0.240. The van der Waals surface area contributed by atoms with E-state index in [1.807, 2.05) is 12.1 Å². The average molecular weight is 382 g/mol. The molecule has 2 aromatic carbocycles. The highest BCUT2D eigenvalue weighted by Crippen LogP contribution is 2.16. The summed E-state index contributed by atoms with van der Waals surface area (Å²) in [5, 5.41) is 11.3. The molecule has 0 unspecified atom stereocenters. The van der Waals surface area contributed by atoms with Gasteiger partial charge in [0, 0.05) is 0 Å². The van der Waals surface area contributed by atoms with Crippen molar-refractivity contribution in [3.63, 3.8) is 0 Å². The van der Waals surface area contributed by atoms with Gasteiger partial charge in [0.25, 0.3) is 17.7 Å². The van der Waals surface area contributed by atoms with Crippen LogP contribution in [0.25, 0.3) is 0 Å².